The molecule has 16 heavy (non-hydrogen) atoms. The van der Waals surface area contributed by atoms with Crippen LogP contribution in [0.1, 0.15) is 36.6 Å². The molecule has 1 aromatic heterocycles. The molecule has 0 aliphatic rings. The monoisotopic (exact) mass is 228 g/mol. The number of nitriles is 1. The fraction of sp³-hybridized carbons (Fsp3) is 0.455. The molecule has 1 aromatic rings. The molecule has 1 rings (SSSR count). The summed E-state index contributed by atoms with van der Waals surface area (Å²) < 4.78 is 38.0. The van der Waals surface area contributed by atoms with Crippen LogP contribution in [0.15, 0.2) is 12.3 Å². The van der Waals surface area contributed by atoms with Crippen molar-refractivity contribution in [2.75, 3.05) is 0 Å². The molecule has 0 aromatic carbocycles. The number of rotatable bonds is 2. The Hall–Kier alpha value is -1.57. The fourth-order valence-corrected chi connectivity index (χ4v) is 1.29. The number of hydrogen-bond acceptors (Lipinski definition) is 2. The van der Waals surface area contributed by atoms with E-state index in [0.29, 0.717) is 5.56 Å². The first kappa shape index (κ1) is 12.5. The maximum atomic E-state index is 12.7. The average Bonchev–Trinajstić information content (AvgIpc) is 2.16. The fourth-order valence-electron chi connectivity index (χ4n) is 1.29. The molecule has 0 bridgehead atoms. The standard InChI is InChI=1S/C11H11F3N2/c1-7(2)8-5-9(11(12,13)14)10(3-4-15)16-6-8/h5-7H,3H2,1-2H3. The highest BCUT2D eigenvalue weighted by Gasteiger charge is 2.34. The summed E-state index contributed by atoms with van der Waals surface area (Å²) in [6.07, 6.45) is -3.39. The van der Waals surface area contributed by atoms with Crippen molar-refractivity contribution >= 4 is 0 Å². The largest absolute Gasteiger partial charge is 0.418 e. The summed E-state index contributed by atoms with van der Waals surface area (Å²) in [5.41, 5.74) is -0.492. The van der Waals surface area contributed by atoms with Crippen LogP contribution in [0.3, 0.4) is 0 Å². The van der Waals surface area contributed by atoms with Crippen LogP contribution in [-0.2, 0) is 12.6 Å². The van der Waals surface area contributed by atoms with Crippen LogP contribution in [-0.4, -0.2) is 4.98 Å². The van der Waals surface area contributed by atoms with Crippen molar-refractivity contribution in [3.8, 4) is 6.07 Å². The highest BCUT2D eigenvalue weighted by Crippen LogP contribution is 2.33. The zero-order valence-corrected chi connectivity index (χ0v) is 8.97. The van der Waals surface area contributed by atoms with E-state index >= 15 is 0 Å². The molecule has 0 atom stereocenters. The Labute approximate surface area is 91.7 Å². The highest BCUT2D eigenvalue weighted by molar-refractivity contribution is 5.31. The van der Waals surface area contributed by atoms with Crippen LogP contribution in [0.2, 0.25) is 0 Å². The molecule has 5 heteroatoms. The Morgan fingerprint density at radius 1 is 1.44 bits per heavy atom. The van der Waals surface area contributed by atoms with E-state index in [1.54, 1.807) is 19.9 Å². The lowest BCUT2D eigenvalue weighted by atomic mass is 10.0. The molecule has 0 radical (unpaired) electrons. The van der Waals surface area contributed by atoms with Gasteiger partial charge in [0.05, 0.1) is 23.7 Å². The van der Waals surface area contributed by atoms with Gasteiger partial charge in [0.15, 0.2) is 0 Å². The van der Waals surface area contributed by atoms with Crippen LogP contribution < -0.4 is 0 Å². The van der Waals surface area contributed by atoms with Crippen LogP contribution in [0.4, 0.5) is 13.2 Å². The van der Waals surface area contributed by atoms with Crippen LogP contribution in [0, 0.1) is 11.3 Å². The number of halogens is 3. The quantitative estimate of drug-likeness (QED) is 0.778. The first-order chi connectivity index (χ1) is 7.36. The summed E-state index contributed by atoms with van der Waals surface area (Å²) in [4.78, 5) is 3.71. The van der Waals surface area contributed by atoms with Crippen molar-refractivity contribution in [3.05, 3.63) is 29.1 Å². The van der Waals surface area contributed by atoms with Gasteiger partial charge >= 0.3 is 6.18 Å². The zero-order chi connectivity index (χ0) is 12.3. The second-order valence-electron chi connectivity index (χ2n) is 3.75. The normalized spacial score (nSPS) is 11.6. The number of pyridine rings is 1. The topological polar surface area (TPSA) is 36.7 Å². The average molecular weight is 228 g/mol. The van der Waals surface area contributed by atoms with Gasteiger partial charge in [0, 0.05) is 6.20 Å². The number of aromatic nitrogens is 1. The molecule has 0 aliphatic heterocycles. The molecule has 86 valence electrons. The molecule has 0 amide bonds. The van der Waals surface area contributed by atoms with E-state index in [0.717, 1.165) is 6.07 Å². The van der Waals surface area contributed by atoms with Crippen molar-refractivity contribution in [2.45, 2.75) is 32.4 Å². The van der Waals surface area contributed by atoms with Gasteiger partial charge in [-0.2, -0.15) is 18.4 Å². The van der Waals surface area contributed by atoms with Crippen molar-refractivity contribution in [2.24, 2.45) is 0 Å². The Balaban J connectivity index is 3.28. The first-order valence-electron chi connectivity index (χ1n) is 4.79. The van der Waals surface area contributed by atoms with Gasteiger partial charge in [-0.25, -0.2) is 0 Å². The lowest BCUT2D eigenvalue weighted by Crippen LogP contribution is -2.12. The maximum Gasteiger partial charge on any atom is 0.418 e. The van der Waals surface area contributed by atoms with E-state index in [1.165, 1.54) is 6.20 Å². The van der Waals surface area contributed by atoms with Crippen molar-refractivity contribution in [1.82, 2.24) is 4.98 Å². The predicted octanol–water partition coefficient (Wildman–Crippen LogP) is 3.29. The van der Waals surface area contributed by atoms with Crippen molar-refractivity contribution in [3.63, 3.8) is 0 Å². The van der Waals surface area contributed by atoms with Gasteiger partial charge in [-0.3, -0.25) is 4.98 Å². The SMILES string of the molecule is CC(C)c1cnc(CC#N)c(C(F)(F)F)c1. The van der Waals surface area contributed by atoms with E-state index in [4.69, 9.17) is 5.26 Å². The number of hydrogen-bond donors (Lipinski definition) is 0. The summed E-state index contributed by atoms with van der Waals surface area (Å²) in [5, 5.41) is 8.43. The van der Waals surface area contributed by atoms with Crippen molar-refractivity contribution in [1.29, 1.82) is 5.26 Å². The van der Waals surface area contributed by atoms with E-state index in [9.17, 15) is 13.2 Å². The van der Waals surface area contributed by atoms with Crippen LogP contribution in [0.25, 0.3) is 0 Å². The molecule has 0 fully saturated rings. The Morgan fingerprint density at radius 2 is 2.06 bits per heavy atom. The second-order valence-corrected chi connectivity index (χ2v) is 3.75. The molecule has 2 nitrogen and oxygen atoms in total. The minimum Gasteiger partial charge on any atom is -0.259 e. The first-order valence-corrected chi connectivity index (χ1v) is 4.79. The van der Waals surface area contributed by atoms with Gasteiger partial charge in [0.25, 0.3) is 0 Å². The molecule has 0 aliphatic carbocycles. The van der Waals surface area contributed by atoms with Gasteiger partial charge in [0.2, 0.25) is 0 Å². The molecule has 0 saturated heterocycles. The van der Waals surface area contributed by atoms with Gasteiger partial charge in [-0.1, -0.05) is 13.8 Å². The van der Waals surface area contributed by atoms with E-state index in [1.807, 2.05) is 0 Å². The minimum absolute atomic E-state index is 0.0234. The van der Waals surface area contributed by atoms with E-state index in [2.05, 4.69) is 4.98 Å². The Morgan fingerprint density at radius 3 is 2.50 bits per heavy atom. The number of alkyl halides is 3. The molecule has 0 spiro atoms. The second kappa shape index (κ2) is 4.52. The van der Waals surface area contributed by atoms with Gasteiger partial charge in [0.1, 0.15) is 0 Å². The van der Waals surface area contributed by atoms with Crippen LogP contribution >= 0.6 is 0 Å². The summed E-state index contributed by atoms with van der Waals surface area (Å²) >= 11 is 0. The highest BCUT2D eigenvalue weighted by atomic mass is 19.4. The third-order valence-corrected chi connectivity index (χ3v) is 2.21. The summed E-state index contributed by atoms with van der Waals surface area (Å²) in [6, 6.07) is 2.76. The molecular formula is C11H11F3N2. The molecule has 1 heterocycles. The van der Waals surface area contributed by atoms with Gasteiger partial charge in [-0.05, 0) is 17.5 Å². The lowest BCUT2D eigenvalue weighted by Gasteiger charge is -2.13. The minimum atomic E-state index is -4.45. The lowest BCUT2D eigenvalue weighted by molar-refractivity contribution is -0.138. The van der Waals surface area contributed by atoms with Crippen molar-refractivity contribution < 1.29 is 13.2 Å². The van der Waals surface area contributed by atoms with E-state index < -0.39 is 11.7 Å². The summed E-state index contributed by atoms with van der Waals surface area (Å²) in [6.45, 7) is 3.59. The third kappa shape index (κ3) is 2.72. The molecule has 0 N–H and O–H groups in total. The Kier molecular flexibility index (Phi) is 3.53. The smallest absolute Gasteiger partial charge is 0.259 e. The maximum absolute atomic E-state index is 12.7. The van der Waals surface area contributed by atoms with E-state index in [-0.39, 0.29) is 18.0 Å². The summed E-state index contributed by atoms with van der Waals surface area (Å²) in [7, 11) is 0. The zero-order valence-electron chi connectivity index (χ0n) is 8.97. The molecule has 0 unspecified atom stereocenters. The predicted molar refractivity (Wildman–Crippen MR) is 52.6 cm³/mol. The molecule has 0 saturated carbocycles. The van der Waals surface area contributed by atoms with Gasteiger partial charge in [-0.15, -0.1) is 0 Å². The Bertz CT molecular complexity index is 416. The van der Waals surface area contributed by atoms with Gasteiger partial charge < -0.3 is 0 Å². The summed E-state index contributed by atoms with van der Waals surface area (Å²) in [5.74, 6) is -0.0234. The van der Waals surface area contributed by atoms with Crippen LogP contribution in [0.5, 0.6) is 0 Å². The molecular weight excluding hydrogens is 217 g/mol. The third-order valence-electron chi connectivity index (χ3n) is 2.21. The number of nitrogens with zero attached hydrogens (tertiary/aromatic N) is 2.